The van der Waals surface area contributed by atoms with Gasteiger partial charge in [0.15, 0.2) is 0 Å². The van der Waals surface area contributed by atoms with E-state index in [9.17, 15) is 4.79 Å². The van der Waals surface area contributed by atoms with Crippen LogP contribution >= 0.6 is 0 Å². The first-order valence-corrected chi connectivity index (χ1v) is 7.80. The maximum absolute atomic E-state index is 12.0. The molecule has 0 aliphatic carbocycles. The van der Waals surface area contributed by atoms with Crippen molar-refractivity contribution >= 4 is 5.91 Å². The molecule has 0 saturated heterocycles. The van der Waals surface area contributed by atoms with E-state index < -0.39 is 0 Å². The first-order chi connectivity index (χ1) is 11.7. The summed E-state index contributed by atoms with van der Waals surface area (Å²) < 4.78 is 1.77. The number of aryl methyl sites for hydroxylation is 2. The Bertz CT molecular complexity index is 813. The third-order valence-electron chi connectivity index (χ3n) is 3.71. The number of carbonyl (C=O) groups is 1. The van der Waals surface area contributed by atoms with E-state index in [1.165, 1.54) is 6.33 Å². The lowest BCUT2D eigenvalue weighted by Gasteiger charge is -2.07. The Balaban J connectivity index is 1.54. The molecule has 0 saturated carbocycles. The highest BCUT2D eigenvalue weighted by Crippen LogP contribution is 2.19. The summed E-state index contributed by atoms with van der Waals surface area (Å²) in [7, 11) is 1.89. The van der Waals surface area contributed by atoms with Gasteiger partial charge in [0.2, 0.25) is 5.91 Å². The van der Waals surface area contributed by atoms with Crippen molar-refractivity contribution < 1.29 is 4.79 Å². The normalized spacial score (nSPS) is 10.5. The number of nitrogens with zero attached hydrogens (tertiary/aromatic N) is 4. The molecule has 1 N–H and O–H groups in total. The van der Waals surface area contributed by atoms with Crippen LogP contribution in [0.5, 0.6) is 0 Å². The molecule has 2 heterocycles. The summed E-state index contributed by atoms with van der Waals surface area (Å²) >= 11 is 0. The van der Waals surface area contributed by atoms with Crippen molar-refractivity contribution in [2.24, 2.45) is 7.05 Å². The van der Waals surface area contributed by atoms with Gasteiger partial charge in [-0.05, 0) is 29.7 Å². The van der Waals surface area contributed by atoms with E-state index in [1.807, 2.05) is 43.7 Å². The highest BCUT2D eigenvalue weighted by Gasteiger charge is 2.05. The fourth-order valence-electron chi connectivity index (χ4n) is 2.43. The minimum Gasteiger partial charge on any atom is -0.352 e. The predicted octanol–water partition coefficient (Wildman–Crippen LogP) is 2.13. The van der Waals surface area contributed by atoms with E-state index in [0.29, 0.717) is 19.4 Å². The number of hydrogen-bond donors (Lipinski definition) is 1. The van der Waals surface area contributed by atoms with Crippen molar-refractivity contribution in [3.05, 3.63) is 66.5 Å². The van der Waals surface area contributed by atoms with Crippen molar-refractivity contribution in [3.63, 3.8) is 0 Å². The molecule has 0 spiro atoms. The van der Waals surface area contributed by atoms with Gasteiger partial charge < -0.3 is 5.32 Å². The lowest BCUT2D eigenvalue weighted by molar-refractivity contribution is -0.121. The summed E-state index contributed by atoms with van der Waals surface area (Å²) in [5.74, 6) is 0.0143. The lowest BCUT2D eigenvalue weighted by Crippen LogP contribution is -2.23. The molecule has 0 aliphatic heterocycles. The van der Waals surface area contributed by atoms with Crippen molar-refractivity contribution in [1.82, 2.24) is 25.1 Å². The first kappa shape index (κ1) is 15.9. The van der Waals surface area contributed by atoms with E-state index in [2.05, 4.69) is 26.4 Å². The Morgan fingerprint density at radius 3 is 2.92 bits per heavy atom. The third kappa shape index (κ3) is 4.25. The van der Waals surface area contributed by atoms with Gasteiger partial charge in [0.25, 0.3) is 0 Å². The molecule has 0 aliphatic rings. The quantitative estimate of drug-likeness (QED) is 0.755. The Labute approximate surface area is 140 Å². The molecular weight excluding hydrogens is 302 g/mol. The average molecular weight is 321 g/mol. The zero-order valence-electron chi connectivity index (χ0n) is 13.5. The van der Waals surface area contributed by atoms with E-state index in [-0.39, 0.29) is 5.91 Å². The predicted molar refractivity (Wildman–Crippen MR) is 90.8 cm³/mol. The standard InChI is InChI=1S/C18H19N5O/c1-23-12-16(11-22-23)15-4-2-3-14(9-15)10-20-18(24)6-5-17-7-8-19-13-21-17/h2-4,7-9,11-13H,5-6,10H2,1H3,(H,20,24). The summed E-state index contributed by atoms with van der Waals surface area (Å²) in [4.78, 5) is 20.0. The zero-order valence-corrected chi connectivity index (χ0v) is 13.5. The molecule has 24 heavy (non-hydrogen) atoms. The number of rotatable bonds is 6. The number of hydrogen-bond acceptors (Lipinski definition) is 4. The second-order valence-corrected chi connectivity index (χ2v) is 5.58. The molecule has 0 radical (unpaired) electrons. The van der Waals surface area contributed by atoms with Crippen LogP contribution in [0.25, 0.3) is 11.1 Å². The molecule has 122 valence electrons. The molecule has 1 aromatic carbocycles. The lowest BCUT2D eigenvalue weighted by atomic mass is 10.1. The van der Waals surface area contributed by atoms with Crippen molar-refractivity contribution in [2.75, 3.05) is 0 Å². The molecule has 6 nitrogen and oxygen atoms in total. The SMILES string of the molecule is Cn1cc(-c2cccc(CNC(=O)CCc3ccncn3)c2)cn1. The van der Waals surface area contributed by atoms with E-state index in [4.69, 9.17) is 0 Å². The summed E-state index contributed by atoms with van der Waals surface area (Å²) in [6.45, 7) is 0.511. The van der Waals surface area contributed by atoms with Gasteiger partial charge in [-0.2, -0.15) is 5.10 Å². The number of nitrogens with one attached hydrogen (secondary N) is 1. The van der Waals surface area contributed by atoms with Crippen molar-refractivity contribution in [2.45, 2.75) is 19.4 Å². The molecule has 0 atom stereocenters. The van der Waals surface area contributed by atoms with E-state index in [0.717, 1.165) is 22.4 Å². The summed E-state index contributed by atoms with van der Waals surface area (Å²) in [5, 5.41) is 7.14. The highest BCUT2D eigenvalue weighted by molar-refractivity contribution is 5.76. The van der Waals surface area contributed by atoms with Crippen LogP contribution in [-0.4, -0.2) is 25.7 Å². The summed E-state index contributed by atoms with van der Waals surface area (Å²) in [6.07, 6.45) is 8.02. The van der Waals surface area contributed by atoms with Crippen LogP contribution < -0.4 is 5.32 Å². The fraction of sp³-hybridized carbons (Fsp3) is 0.222. The van der Waals surface area contributed by atoms with Gasteiger partial charge in [-0.25, -0.2) is 9.97 Å². The highest BCUT2D eigenvalue weighted by atomic mass is 16.1. The molecule has 3 aromatic rings. The number of amides is 1. The molecule has 0 fully saturated rings. The van der Waals surface area contributed by atoms with Gasteiger partial charge in [0.1, 0.15) is 6.33 Å². The van der Waals surface area contributed by atoms with Gasteiger partial charge in [-0.15, -0.1) is 0 Å². The second kappa shape index (κ2) is 7.50. The van der Waals surface area contributed by atoms with Crippen LogP contribution in [0.15, 0.2) is 55.2 Å². The zero-order chi connectivity index (χ0) is 16.8. The minimum absolute atomic E-state index is 0.0143. The smallest absolute Gasteiger partial charge is 0.220 e. The maximum atomic E-state index is 12.0. The van der Waals surface area contributed by atoms with Crippen LogP contribution in [0.4, 0.5) is 0 Å². The largest absolute Gasteiger partial charge is 0.352 e. The van der Waals surface area contributed by atoms with Gasteiger partial charge in [0, 0.05) is 43.7 Å². The topological polar surface area (TPSA) is 72.7 Å². The Morgan fingerprint density at radius 2 is 2.17 bits per heavy atom. The third-order valence-corrected chi connectivity index (χ3v) is 3.71. The van der Waals surface area contributed by atoms with Crippen LogP contribution in [0.2, 0.25) is 0 Å². The first-order valence-electron chi connectivity index (χ1n) is 7.80. The minimum atomic E-state index is 0.0143. The molecule has 0 bridgehead atoms. The van der Waals surface area contributed by atoms with Crippen LogP contribution in [0.3, 0.4) is 0 Å². The fourth-order valence-corrected chi connectivity index (χ4v) is 2.43. The van der Waals surface area contributed by atoms with Crippen molar-refractivity contribution in [1.29, 1.82) is 0 Å². The van der Waals surface area contributed by atoms with Crippen molar-refractivity contribution in [3.8, 4) is 11.1 Å². The maximum Gasteiger partial charge on any atom is 0.220 e. The molecule has 0 unspecified atom stereocenters. The van der Waals surface area contributed by atoms with Gasteiger partial charge in [-0.1, -0.05) is 18.2 Å². The van der Waals surface area contributed by atoms with Crippen LogP contribution in [0.1, 0.15) is 17.7 Å². The summed E-state index contributed by atoms with van der Waals surface area (Å²) in [6, 6.07) is 9.93. The molecule has 2 aromatic heterocycles. The van der Waals surface area contributed by atoms with Gasteiger partial charge in [-0.3, -0.25) is 9.48 Å². The van der Waals surface area contributed by atoms with Gasteiger partial charge in [0.05, 0.1) is 6.20 Å². The molecular formula is C18H19N5O. The number of benzene rings is 1. The van der Waals surface area contributed by atoms with Gasteiger partial charge >= 0.3 is 0 Å². The second-order valence-electron chi connectivity index (χ2n) is 5.58. The van der Waals surface area contributed by atoms with E-state index in [1.54, 1.807) is 10.9 Å². The monoisotopic (exact) mass is 321 g/mol. The number of aromatic nitrogens is 4. The van der Waals surface area contributed by atoms with Crippen LogP contribution in [-0.2, 0) is 24.8 Å². The average Bonchev–Trinajstić information content (AvgIpc) is 3.06. The number of carbonyl (C=O) groups excluding carboxylic acids is 1. The summed E-state index contributed by atoms with van der Waals surface area (Å²) in [5.41, 5.74) is 4.09. The Morgan fingerprint density at radius 1 is 1.25 bits per heavy atom. The van der Waals surface area contributed by atoms with Crippen LogP contribution in [0, 0.1) is 0 Å². The Hall–Kier alpha value is -3.02. The Kier molecular flexibility index (Phi) is 4.96. The molecule has 6 heteroatoms. The van der Waals surface area contributed by atoms with E-state index >= 15 is 0 Å². The molecule has 3 rings (SSSR count). The molecule has 1 amide bonds.